The highest BCUT2D eigenvalue weighted by molar-refractivity contribution is 7.89. The number of sulfonamides is 1. The summed E-state index contributed by atoms with van der Waals surface area (Å²) >= 11 is 0. The number of aromatic nitrogens is 1. The molecule has 174 valence electrons. The first-order chi connectivity index (χ1) is 14.8. The minimum Gasteiger partial charge on any atom is -0.326 e. The Morgan fingerprint density at radius 2 is 1.56 bits per heavy atom. The number of amides is 1. The van der Waals surface area contributed by atoms with Gasteiger partial charge in [-0.05, 0) is 43.2 Å². The van der Waals surface area contributed by atoms with Gasteiger partial charge in [-0.3, -0.25) is 9.78 Å². The van der Waals surface area contributed by atoms with Gasteiger partial charge in [-0.25, -0.2) is 8.42 Å². The van der Waals surface area contributed by atoms with Gasteiger partial charge in [0.2, 0.25) is 15.9 Å². The maximum Gasteiger partial charge on any atom is 0.416 e. The molecule has 1 aromatic carbocycles. The van der Waals surface area contributed by atoms with Crippen LogP contribution in [-0.2, 0) is 27.2 Å². The van der Waals surface area contributed by atoms with Gasteiger partial charge in [-0.2, -0.15) is 30.6 Å². The molecular formula is C19H17F6N3O3S. The highest BCUT2D eigenvalue weighted by Gasteiger charge is 2.38. The van der Waals surface area contributed by atoms with Gasteiger partial charge in [0, 0.05) is 37.1 Å². The van der Waals surface area contributed by atoms with E-state index in [0.29, 0.717) is 12.1 Å². The molecule has 1 amide bonds. The number of hydrogen-bond donors (Lipinski definition) is 1. The van der Waals surface area contributed by atoms with Crippen molar-refractivity contribution in [2.24, 2.45) is 5.92 Å². The van der Waals surface area contributed by atoms with Gasteiger partial charge in [0.1, 0.15) is 4.90 Å². The van der Waals surface area contributed by atoms with Crippen LogP contribution in [-0.4, -0.2) is 36.7 Å². The van der Waals surface area contributed by atoms with Crippen LogP contribution in [0, 0.1) is 5.92 Å². The zero-order valence-electron chi connectivity index (χ0n) is 16.2. The fourth-order valence-corrected chi connectivity index (χ4v) is 4.71. The number of carbonyl (C=O) groups excluding carboxylic acids is 1. The predicted octanol–water partition coefficient (Wildman–Crippen LogP) is 4.16. The topological polar surface area (TPSA) is 79.4 Å². The van der Waals surface area contributed by atoms with Crippen molar-refractivity contribution in [1.82, 2.24) is 9.29 Å². The molecule has 1 fully saturated rings. The zero-order valence-corrected chi connectivity index (χ0v) is 17.1. The summed E-state index contributed by atoms with van der Waals surface area (Å²) in [6.45, 7) is -0.0720. The lowest BCUT2D eigenvalue weighted by molar-refractivity contribution is -0.143. The minimum atomic E-state index is -5.03. The number of nitrogens with zero attached hydrogens (tertiary/aromatic N) is 2. The second-order valence-electron chi connectivity index (χ2n) is 7.15. The predicted molar refractivity (Wildman–Crippen MR) is 101 cm³/mol. The number of nitrogens with one attached hydrogen (secondary N) is 1. The lowest BCUT2D eigenvalue weighted by Crippen LogP contribution is -2.41. The van der Waals surface area contributed by atoms with Gasteiger partial charge in [-0.15, -0.1) is 0 Å². The average molecular weight is 481 g/mol. The first-order valence-electron chi connectivity index (χ1n) is 9.29. The van der Waals surface area contributed by atoms with Crippen LogP contribution in [0.2, 0.25) is 0 Å². The van der Waals surface area contributed by atoms with Crippen molar-refractivity contribution in [1.29, 1.82) is 0 Å². The van der Waals surface area contributed by atoms with Crippen molar-refractivity contribution in [3.05, 3.63) is 53.9 Å². The molecule has 1 aliphatic heterocycles. The molecule has 0 saturated carbocycles. The zero-order chi connectivity index (χ0) is 23.7. The van der Waals surface area contributed by atoms with Crippen LogP contribution in [0.15, 0.2) is 47.6 Å². The molecule has 1 aliphatic rings. The SMILES string of the molecule is O=C(Nc1cc(C(F)(F)F)cc(C(F)(F)F)c1)C1CCN(S(=O)(=O)c2cccnc2)CC1. The van der Waals surface area contributed by atoms with Crippen molar-refractivity contribution >= 4 is 21.6 Å². The second kappa shape index (κ2) is 8.70. The van der Waals surface area contributed by atoms with E-state index >= 15 is 0 Å². The van der Waals surface area contributed by atoms with E-state index in [2.05, 4.69) is 10.3 Å². The third-order valence-corrected chi connectivity index (χ3v) is 6.83. The van der Waals surface area contributed by atoms with Gasteiger partial charge < -0.3 is 5.32 Å². The molecule has 6 nitrogen and oxygen atoms in total. The average Bonchev–Trinajstić information content (AvgIpc) is 2.73. The quantitative estimate of drug-likeness (QED) is 0.666. The normalized spacial score (nSPS) is 16.7. The number of pyridine rings is 1. The number of anilines is 1. The summed E-state index contributed by atoms with van der Waals surface area (Å²) in [7, 11) is -3.82. The Kier molecular flexibility index (Phi) is 6.52. The second-order valence-corrected chi connectivity index (χ2v) is 9.09. The van der Waals surface area contributed by atoms with Crippen LogP contribution < -0.4 is 5.32 Å². The summed E-state index contributed by atoms with van der Waals surface area (Å²) in [5.41, 5.74) is -3.72. The number of carbonyl (C=O) groups is 1. The summed E-state index contributed by atoms with van der Waals surface area (Å²) in [5.74, 6) is -1.56. The number of benzene rings is 1. The van der Waals surface area contributed by atoms with Crippen LogP contribution in [0.25, 0.3) is 0 Å². The largest absolute Gasteiger partial charge is 0.416 e. The van der Waals surface area contributed by atoms with Crippen molar-refractivity contribution in [3.8, 4) is 0 Å². The van der Waals surface area contributed by atoms with Crippen molar-refractivity contribution in [3.63, 3.8) is 0 Å². The highest BCUT2D eigenvalue weighted by Crippen LogP contribution is 2.37. The first-order valence-corrected chi connectivity index (χ1v) is 10.7. The monoisotopic (exact) mass is 481 g/mol. The van der Waals surface area contributed by atoms with Gasteiger partial charge in [-0.1, -0.05) is 0 Å². The molecule has 0 unspecified atom stereocenters. The third kappa shape index (κ3) is 5.38. The number of halogens is 6. The van der Waals surface area contributed by atoms with Crippen LogP contribution in [0.4, 0.5) is 32.0 Å². The lowest BCUT2D eigenvalue weighted by Gasteiger charge is -2.30. The van der Waals surface area contributed by atoms with Crippen molar-refractivity contribution in [2.75, 3.05) is 18.4 Å². The van der Waals surface area contributed by atoms with Gasteiger partial charge in [0.25, 0.3) is 0 Å². The standard InChI is InChI=1S/C19H17F6N3O3S/c20-18(21,22)13-8-14(19(23,24)25)10-15(9-13)27-17(29)12-3-6-28(7-4-12)32(30,31)16-2-1-5-26-11-16/h1-2,5,8-12H,3-4,6-7H2,(H,27,29). The molecular weight excluding hydrogens is 464 g/mol. The summed E-state index contributed by atoms with van der Waals surface area (Å²) in [5, 5.41) is 2.10. The van der Waals surface area contributed by atoms with E-state index in [1.807, 2.05) is 0 Å². The molecule has 0 atom stereocenters. The van der Waals surface area contributed by atoms with E-state index in [0.717, 1.165) is 4.31 Å². The smallest absolute Gasteiger partial charge is 0.326 e. The summed E-state index contributed by atoms with van der Waals surface area (Å²) < 4.78 is 104. The van der Waals surface area contributed by atoms with Crippen LogP contribution >= 0.6 is 0 Å². The molecule has 13 heteroatoms. The molecule has 0 bridgehead atoms. The van der Waals surface area contributed by atoms with E-state index in [4.69, 9.17) is 0 Å². The number of hydrogen-bond acceptors (Lipinski definition) is 4. The van der Waals surface area contributed by atoms with E-state index in [1.54, 1.807) is 0 Å². The number of rotatable bonds is 4. The van der Waals surface area contributed by atoms with Crippen molar-refractivity contribution in [2.45, 2.75) is 30.1 Å². The molecule has 2 aromatic rings. The maximum atomic E-state index is 13.0. The van der Waals surface area contributed by atoms with E-state index < -0.39 is 51.0 Å². The summed E-state index contributed by atoms with van der Waals surface area (Å²) in [6, 6.07) is 3.64. The fourth-order valence-electron chi connectivity index (χ4n) is 3.28. The minimum absolute atomic E-state index is 0.0217. The van der Waals surface area contributed by atoms with E-state index in [1.165, 1.54) is 24.5 Å². The van der Waals surface area contributed by atoms with Gasteiger partial charge in [0.15, 0.2) is 0 Å². The Labute approximate surface area is 179 Å². The maximum absolute atomic E-state index is 13.0. The van der Waals surface area contributed by atoms with Crippen LogP contribution in [0.3, 0.4) is 0 Å². The molecule has 0 aliphatic carbocycles. The molecule has 32 heavy (non-hydrogen) atoms. The lowest BCUT2D eigenvalue weighted by atomic mass is 9.97. The van der Waals surface area contributed by atoms with Crippen LogP contribution in [0.1, 0.15) is 24.0 Å². The highest BCUT2D eigenvalue weighted by atomic mass is 32.2. The Balaban J connectivity index is 1.71. The number of piperidine rings is 1. The molecule has 1 aromatic heterocycles. The van der Waals surface area contributed by atoms with Crippen molar-refractivity contribution < 1.29 is 39.6 Å². The summed E-state index contributed by atoms with van der Waals surface area (Å²) in [6.07, 6.45) is -7.38. The van der Waals surface area contributed by atoms with E-state index in [-0.39, 0.29) is 36.9 Å². The molecule has 0 spiro atoms. The first kappa shape index (κ1) is 24.0. The third-order valence-electron chi connectivity index (χ3n) is 4.95. The Morgan fingerprint density at radius 3 is 2.03 bits per heavy atom. The number of alkyl halides is 6. The molecule has 3 rings (SSSR count). The fraction of sp³-hybridized carbons (Fsp3) is 0.368. The molecule has 1 N–H and O–H groups in total. The van der Waals surface area contributed by atoms with E-state index in [9.17, 15) is 39.6 Å². The Hall–Kier alpha value is -2.67. The van der Waals surface area contributed by atoms with Gasteiger partial charge >= 0.3 is 12.4 Å². The van der Waals surface area contributed by atoms with Gasteiger partial charge in [0.05, 0.1) is 11.1 Å². The molecule has 2 heterocycles. The molecule has 0 radical (unpaired) electrons. The molecule has 1 saturated heterocycles. The summed E-state index contributed by atoms with van der Waals surface area (Å²) in [4.78, 5) is 16.2. The van der Waals surface area contributed by atoms with Crippen LogP contribution in [0.5, 0.6) is 0 Å². The Bertz CT molecular complexity index is 1050. The Morgan fingerprint density at radius 1 is 1.00 bits per heavy atom.